The first-order valence-corrected chi connectivity index (χ1v) is 10.2. The molecule has 0 spiro atoms. The van der Waals surface area contributed by atoms with Crippen LogP contribution in [0.4, 0.5) is 0 Å². The van der Waals surface area contributed by atoms with Crippen LogP contribution < -0.4 is 14.2 Å². The predicted octanol–water partition coefficient (Wildman–Crippen LogP) is 5.24. The Hall–Kier alpha value is -3.41. The SMILES string of the molecule is CCOc1cccc2c1OC(c1ccc(OC)cc1)N1N=C(c3ccc(C)o3)CC21. The molecule has 0 N–H and O–H groups in total. The number of nitrogens with zero attached hydrogens (tertiary/aromatic N) is 2. The van der Waals surface area contributed by atoms with Crippen molar-refractivity contribution in [2.24, 2.45) is 5.10 Å². The van der Waals surface area contributed by atoms with E-state index in [1.54, 1.807) is 7.11 Å². The monoisotopic (exact) mass is 404 g/mol. The Morgan fingerprint density at radius 1 is 1.10 bits per heavy atom. The number of para-hydroxylation sites is 1. The molecule has 3 heterocycles. The van der Waals surface area contributed by atoms with Crippen molar-refractivity contribution in [3.8, 4) is 17.2 Å². The number of hydrogen-bond donors (Lipinski definition) is 0. The van der Waals surface area contributed by atoms with Crippen LogP contribution in [0.3, 0.4) is 0 Å². The van der Waals surface area contributed by atoms with Crippen molar-refractivity contribution >= 4 is 5.71 Å². The van der Waals surface area contributed by atoms with Crippen LogP contribution in [0, 0.1) is 6.92 Å². The van der Waals surface area contributed by atoms with E-state index in [4.69, 9.17) is 23.7 Å². The topological polar surface area (TPSA) is 56.4 Å². The molecule has 2 aromatic carbocycles. The molecule has 0 bridgehead atoms. The van der Waals surface area contributed by atoms with Gasteiger partial charge in [0.25, 0.3) is 0 Å². The lowest BCUT2D eigenvalue weighted by Gasteiger charge is -2.38. The first kappa shape index (κ1) is 18.6. The number of benzene rings is 2. The molecule has 30 heavy (non-hydrogen) atoms. The van der Waals surface area contributed by atoms with Gasteiger partial charge in [-0.3, -0.25) is 0 Å². The zero-order valence-corrected chi connectivity index (χ0v) is 17.3. The van der Waals surface area contributed by atoms with Crippen molar-refractivity contribution in [2.75, 3.05) is 13.7 Å². The van der Waals surface area contributed by atoms with Crippen LogP contribution in [0.5, 0.6) is 17.2 Å². The maximum atomic E-state index is 6.50. The van der Waals surface area contributed by atoms with E-state index >= 15 is 0 Å². The summed E-state index contributed by atoms with van der Waals surface area (Å²) in [5.41, 5.74) is 3.00. The summed E-state index contributed by atoms with van der Waals surface area (Å²) in [5, 5.41) is 6.96. The van der Waals surface area contributed by atoms with E-state index in [0.29, 0.717) is 6.61 Å². The highest BCUT2D eigenvalue weighted by molar-refractivity contribution is 5.99. The van der Waals surface area contributed by atoms with Gasteiger partial charge in [0.15, 0.2) is 11.5 Å². The third kappa shape index (κ3) is 3.09. The summed E-state index contributed by atoms with van der Waals surface area (Å²) < 4.78 is 23.5. The van der Waals surface area contributed by atoms with E-state index in [9.17, 15) is 0 Å². The molecule has 0 saturated carbocycles. The number of fused-ring (bicyclic) bond motifs is 3. The van der Waals surface area contributed by atoms with Gasteiger partial charge in [-0.05, 0) is 56.3 Å². The van der Waals surface area contributed by atoms with E-state index < -0.39 is 0 Å². The van der Waals surface area contributed by atoms with Gasteiger partial charge in [-0.1, -0.05) is 12.1 Å². The van der Waals surface area contributed by atoms with Gasteiger partial charge in [-0.25, -0.2) is 5.01 Å². The Balaban J connectivity index is 1.59. The van der Waals surface area contributed by atoms with E-state index in [2.05, 4.69) is 6.07 Å². The molecule has 154 valence electrons. The number of methoxy groups -OCH3 is 1. The van der Waals surface area contributed by atoms with Gasteiger partial charge in [0.1, 0.15) is 23.0 Å². The second-order valence-corrected chi connectivity index (χ2v) is 7.41. The highest BCUT2D eigenvalue weighted by atomic mass is 16.5. The molecule has 2 aliphatic rings. The highest BCUT2D eigenvalue weighted by Gasteiger charge is 2.42. The Morgan fingerprint density at radius 2 is 1.93 bits per heavy atom. The Labute approximate surface area is 175 Å². The second-order valence-electron chi connectivity index (χ2n) is 7.41. The number of hydrazone groups is 1. The highest BCUT2D eigenvalue weighted by Crippen LogP contribution is 2.50. The van der Waals surface area contributed by atoms with Crippen molar-refractivity contribution in [3.63, 3.8) is 0 Å². The summed E-state index contributed by atoms with van der Waals surface area (Å²) >= 11 is 0. The summed E-state index contributed by atoms with van der Waals surface area (Å²) in [6.45, 7) is 4.50. The smallest absolute Gasteiger partial charge is 0.214 e. The number of ether oxygens (including phenoxy) is 3. The van der Waals surface area contributed by atoms with Crippen molar-refractivity contribution in [1.29, 1.82) is 0 Å². The second kappa shape index (κ2) is 7.44. The summed E-state index contributed by atoms with van der Waals surface area (Å²) in [4.78, 5) is 0. The van der Waals surface area contributed by atoms with Crippen molar-refractivity contribution in [1.82, 2.24) is 5.01 Å². The Bertz CT molecular complexity index is 1090. The molecule has 0 radical (unpaired) electrons. The Morgan fingerprint density at radius 3 is 2.63 bits per heavy atom. The van der Waals surface area contributed by atoms with E-state index in [1.165, 1.54) is 0 Å². The van der Waals surface area contributed by atoms with Crippen LogP contribution in [-0.4, -0.2) is 24.4 Å². The number of hydrogen-bond acceptors (Lipinski definition) is 6. The minimum atomic E-state index is -0.372. The maximum Gasteiger partial charge on any atom is 0.214 e. The van der Waals surface area contributed by atoms with Crippen molar-refractivity contribution < 1.29 is 18.6 Å². The molecule has 2 atom stereocenters. The summed E-state index contributed by atoms with van der Waals surface area (Å²) in [5.74, 6) is 4.03. The number of furan rings is 1. The van der Waals surface area contributed by atoms with Gasteiger partial charge in [0.05, 0.1) is 19.8 Å². The first-order valence-electron chi connectivity index (χ1n) is 10.2. The van der Waals surface area contributed by atoms with Crippen molar-refractivity contribution in [2.45, 2.75) is 32.5 Å². The van der Waals surface area contributed by atoms with Crippen molar-refractivity contribution in [3.05, 3.63) is 77.2 Å². The lowest BCUT2D eigenvalue weighted by atomic mass is 9.97. The molecule has 2 aliphatic heterocycles. The molecular formula is C24H24N2O4. The van der Waals surface area contributed by atoms with Gasteiger partial charge in [-0.15, -0.1) is 0 Å². The minimum Gasteiger partial charge on any atom is -0.497 e. The first-order chi connectivity index (χ1) is 14.7. The largest absolute Gasteiger partial charge is 0.497 e. The quantitative estimate of drug-likeness (QED) is 0.582. The predicted molar refractivity (Wildman–Crippen MR) is 113 cm³/mol. The van der Waals surface area contributed by atoms with Gasteiger partial charge in [0, 0.05) is 17.5 Å². The molecule has 0 saturated heterocycles. The van der Waals surface area contributed by atoms with Gasteiger partial charge in [0.2, 0.25) is 6.23 Å². The molecule has 0 amide bonds. The summed E-state index contributed by atoms with van der Waals surface area (Å²) in [7, 11) is 1.66. The summed E-state index contributed by atoms with van der Waals surface area (Å²) in [6.07, 6.45) is 0.370. The zero-order chi connectivity index (χ0) is 20.7. The fourth-order valence-electron chi connectivity index (χ4n) is 4.08. The third-order valence-corrected chi connectivity index (χ3v) is 5.51. The molecule has 0 aliphatic carbocycles. The van der Waals surface area contributed by atoms with Crippen LogP contribution >= 0.6 is 0 Å². The lowest BCUT2D eigenvalue weighted by Crippen LogP contribution is -2.33. The molecule has 6 nitrogen and oxygen atoms in total. The van der Waals surface area contributed by atoms with E-state index in [1.807, 2.05) is 67.4 Å². The van der Waals surface area contributed by atoms with Gasteiger partial charge < -0.3 is 18.6 Å². The standard InChI is InChI=1S/C24H24N2O4/c1-4-28-22-7-5-6-18-20-14-19(21-13-8-15(2)29-21)25-26(20)24(30-23(18)22)16-9-11-17(27-3)12-10-16/h5-13,20,24H,4,14H2,1-3H3. The fourth-order valence-corrected chi connectivity index (χ4v) is 4.08. The van der Waals surface area contributed by atoms with Gasteiger partial charge in [-0.2, -0.15) is 5.10 Å². The molecule has 1 aromatic heterocycles. The van der Waals surface area contributed by atoms with E-state index in [-0.39, 0.29) is 12.3 Å². The van der Waals surface area contributed by atoms with Crippen LogP contribution in [0.1, 0.15) is 48.3 Å². The number of aryl methyl sites for hydroxylation is 1. The molecule has 0 fully saturated rings. The maximum absolute atomic E-state index is 6.50. The molecular weight excluding hydrogens is 380 g/mol. The minimum absolute atomic E-state index is 0.0432. The molecule has 6 heteroatoms. The molecule has 3 aromatic rings. The normalized spacial score (nSPS) is 19.6. The van der Waals surface area contributed by atoms with E-state index in [0.717, 1.165) is 52.0 Å². The molecule has 2 unspecified atom stereocenters. The van der Waals surface area contributed by atoms with Crippen LogP contribution in [-0.2, 0) is 0 Å². The average Bonchev–Trinajstić information content (AvgIpc) is 3.40. The zero-order valence-electron chi connectivity index (χ0n) is 17.3. The third-order valence-electron chi connectivity index (χ3n) is 5.51. The van der Waals surface area contributed by atoms with Gasteiger partial charge >= 0.3 is 0 Å². The van der Waals surface area contributed by atoms with Crippen LogP contribution in [0.25, 0.3) is 0 Å². The lowest BCUT2D eigenvalue weighted by molar-refractivity contribution is -0.0212. The fraction of sp³-hybridized carbons (Fsp3) is 0.292. The summed E-state index contributed by atoms with van der Waals surface area (Å²) in [6, 6.07) is 17.9. The Kier molecular flexibility index (Phi) is 4.62. The molecule has 5 rings (SSSR count). The number of rotatable bonds is 5. The van der Waals surface area contributed by atoms with Crippen LogP contribution in [0.2, 0.25) is 0 Å². The van der Waals surface area contributed by atoms with Crippen LogP contribution in [0.15, 0.2) is 64.1 Å². The average molecular weight is 404 g/mol.